The van der Waals surface area contributed by atoms with E-state index in [1.165, 1.54) is 12.1 Å². The second-order valence-corrected chi connectivity index (χ2v) is 15.8. The van der Waals surface area contributed by atoms with Gasteiger partial charge in [0.1, 0.15) is 16.6 Å². The van der Waals surface area contributed by atoms with E-state index in [0.717, 1.165) is 45.5 Å². The molecule has 6 aromatic carbocycles. The number of fused-ring (bicyclic) bond motifs is 2. The molecule has 0 bridgehead atoms. The van der Waals surface area contributed by atoms with Crippen LogP contribution in [0.2, 0.25) is 0 Å². The summed E-state index contributed by atoms with van der Waals surface area (Å²) < 4.78 is 180. The summed E-state index contributed by atoms with van der Waals surface area (Å²) >= 11 is 0. The van der Waals surface area contributed by atoms with Crippen molar-refractivity contribution in [1.82, 2.24) is 19.9 Å². The lowest BCUT2D eigenvalue weighted by Gasteiger charge is -2.24. The summed E-state index contributed by atoms with van der Waals surface area (Å²) in [5, 5.41) is 0. The number of hydrogen-bond donors (Lipinski definition) is 0. The Morgan fingerprint density at radius 1 is 0.343 bits per heavy atom. The van der Waals surface area contributed by atoms with Crippen LogP contribution in [0.3, 0.4) is 0 Å². The Labute approximate surface area is 386 Å². The highest BCUT2D eigenvalue weighted by Gasteiger charge is 2.57. The van der Waals surface area contributed by atoms with Crippen molar-refractivity contribution in [3.63, 3.8) is 0 Å². The Bertz CT molecular complexity index is 3460. The molecule has 6 nitrogen and oxygen atoms in total. The third-order valence-electron chi connectivity index (χ3n) is 11.4. The molecular formula is C52H26F12N4O2. The number of nitrogens with zero attached hydrogens (tertiary/aromatic N) is 4. The van der Waals surface area contributed by atoms with Crippen LogP contribution in [0.15, 0.2) is 167 Å². The molecule has 4 aromatic heterocycles. The molecule has 350 valence electrons. The monoisotopic (exact) mass is 966 g/mol. The zero-order valence-corrected chi connectivity index (χ0v) is 35.2. The van der Waals surface area contributed by atoms with Crippen LogP contribution in [-0.4, -0.2) is 19.9 Å². The van der Waals surface area contributed by atoms with Gasteiger partial charge in [-0.25, -0.2) is 15.0 Å². The SMILES string of the molecule is FC(F)(F)c1c(C(F)(F)F)c(C(F)(F)F)c2oc(-c3ccc(-c4ccc(-c5nc(-c6ccccn6)ccc5-c5ccc(-c6ccc(-c7nc8ccccc8o7)cc6)cc5)cc4)cc3)nc2c1C(F)(F)F. The number of alkyl halides is 12. The minimum Gasteiger partial charge on any atom is -0.436 e. The van der Waals surface area contributed by atoms with Gasteiger partial charge in [0.25, 0.3) is 0 Å². The first kappa shape index (κ1) is 45.5. The standard InChI is InChI=1S/C52H26F12N4O2/c53-49(54,55)40-41(50(56,57)58)43(52(62,63)64)46-45(42(40)51(59,60)61)68-48(70-46)34-22-14-30(15-23-34)28-10-18-32(19-11-28)44-35(24-25-37(66-44)36-5-3-4-26-65-36)31-16-8-27(9-17-31)29-12-20-33(21-13-29)47-67-38-6-1-2-7-39(38)69-47/h1-26H. The van der Waals surface area contributed by atoms with E-state index in [1.807, 2.05) is 97.1 Å². The Morgan fingerprint density at radius 3 is 1.30 bits per heavy atom. The van der Waals surface area contributed by atoms with Gasteiger partial charge >= 0.3 is 24.7 Å². The Kier molecular flexibility index (Phi) is 10.9. The quantitative estimate of drug-likeness (QED) is 0.148. The normalized spacial score (nSPS) is 12.6. The first-order valence-electron chi connectivity index (χ1n) is 20.7. The summed E-state index contributed by atoms with van der Waals surface area (Å²) in [4.78, 5) is 17.3. The lowest BCUT2D eigenvalue weighted by Crippen LogP contribution is -2.27. The second-order valence-electron chi connectivity index (χ2n) is 15.8. The fourth-order valence-electron chi connectivity index (χ4n) is 8.22. The fourth-order valence-corrected chi connectivity index (χ4v) is 8.22. The summed E-state index contributed by atoms with van der Waals surface area (Å²) in [6.07, 6.45) is -24.0. The van der Waals surface area contributed by atoms with Crippen molar-refractivity contribution in [1.29, 1.82) is 0 Å². The van der Waals surface area contributed by atoms with Gasteiger partial charge in [-0.05, 0) is 88.5 Å². The van der Waals surface area contributed by atoms with Gasteiger partial charge in [0, 0.05) is 28.5 Å². The maximum Gasteiger partial charge on any atom is 0.420 e. The van der Waals surface area contributed by atoms with E-state index in [1.54, 1.807) is 36.5 Å². The number of rotatable bonds is 7. The van der Waals surface area contributed by atoms with Gasteiger partial charge in [0.2, 0.25) is 11.8 Å². The highest BCUT2D eigenvalue weighted by molar-refractivity contribution is 5.88. The maximum atomic E-state index is 14.2. The van der Waals surface area contributed by atoms with E-state index in [-0.39, 0.29) is 5.56 Å². The summed E-state index contributed by atoms with van der Waals surface area (Å²) in [6, 6.07) is 44.4. The molecule has 10 rings (SSSR count). The van der Waals surface area contributed by atoms with Crippen molar-refractivity contribution in [3.8, 4) is 78.9 Å². The van der Waals surface area contributed by atoms with Crippen molar-refractivity contribution in [2.24, 2.45) is 0 Å². The molecular weight excluding hydrogens is 941 g/mol. The molecule has 0 aliphatic heterocycles. The van der Waals surface area contributed by atoms with E-state index < -0.39 is 63.9 Å². The van der Waals surface area contributed by atoms with E-state index in [9.17, 15) is 52.7 Å². The highest BCUT2D eigenvalue weighted by Crippen LogP contribution is 2.55. The van der Waals surface area contributed by atoms with Gasteiger partial charge in [-0.1, -0.05) is 91.0 Å². The Hall–Kier alpha value is -8.28. The molecule has 0 N–H and O–H groups in total. The lowest BCUT2D eigenvalue weighted by molar-refractivity contribution is -0.181. The second kappa shape index (κ2) is 16.7. The first-order chi connectivity index (χ1) is 33.2. The maximum absolute atomic E-state index is 14.2. The van der Waals surface area contributed by atoms with Crippen LogP contribution in [0.5, 0.6) is 0 Å². The average molecular weight is 967 g/mol. The molecule has 0 unspecified atom stereocenters. The van der Waals surface area contributed by atoms with Gasteiger partial charge in [-0.3, -0.25) is 4.98 Å². The third-order valence-corrected chi connectivity index (χ3v) is 11.4. The lowest BCUT2D eigenvalue weighted by atomic mass is 9.92. The van der Waals surface area contributed by atoms with E-state index in [2.05, 4.69) is 15.0 Å². The summed E-state index contributed by atoms with van der Waals surface area (Å²) in [7, 11) is 0. The molecule has 0 fully saturated rings. The fraction of sp³-hybridized carbons (Fsp3) is 0.0769. The van der Waals surface area contributed by atoms with Crippen LogP contribution in [0.1, 0.15) is 22.3 Å². The van der Waals surface area contributed by atoms with Crippen molar-refractivity contribution in [2.75, 3.05) is 0 Å². The molecule has 0 radical (unpaired) electrons. The van der Waals surface area contributed by atoms with Gasteiger partial charge in [-0.15, -0.1) is 0 Å². The predicted octanol–water partition coefficient (Wildman–Crippen LogP) is 16.5. The third kappa shape index (κ3) is 8.49. The summed E-state index contributed by atoms with van der Waals surface area (Å²) in [6.45, 7) is 0. The number of para-hydroxylation sites is 2. The smallest absolute Gasteiger partial charge is 0.420 e. The number of halogens is 12. The molecule has 0 atom stereocenters. The Balaban J connectivity index is 0.971. The number of oxazole rings is 2. The molecule has 0 aliphatic carbocycles. The van der Waals surface area contributed by atoms with Crippen LogP contribution >= 0.6 is 0 Å². The van der Waals surface area contributed by atoms with Crippen LogP contribution in [0, 0.1) is 0 Å². The molecule has 0 amide bonds. The van der Waals surface area contributed by atoms with Crippen LogP contribution < -0.4 is 0 Å². The zero-order chi connectivity index (χ0) is 49.3. The van der Waals surface area contributed by atoms with Gasteiger partial charge in [0.05, 0.1) is 33.8 Å². The first-order valence-corrected chi connectivity index (χ1v) is 20.7. The minimum atomic E-state index is -6.55. The predicted molar refractivity (Wildman–Crippen MR) is 235 cm³/mol. The molecule has 0 spiro atoms. The topological polar surface area (TPSA) is 77.8 Å². The summed E-state index contributed by atoms with van der Waals surface area (Å²) in [5.41, 5.74) is -8.64. The minimum absolute atomic E-state index is 0.344. The van der Waals surface area contributed by atoms with E-state index in [4.69, 9.17) is 13.8 Å². The van der Waals surface area contributed by atoms with Crippen molar-refractivity contribution < 1.29 is 61.5 Å². The van der Waals surface area contributed by atoms with E-state index >= 15 is 0 Å². The van der Waals surface area contributed by atoms with Crippen molar-refractivity contribution in [3.05, 3.63) is 180 Å². The van der Waals surface area contributed by atoms with Gasteiger partial charge < -0.3 is 8.83 Å². The number of benzene rings is 6. The van der Waals surface area contributed by atoms with Gasteiger partial charge in [-0.2, -0.15) is 52.7 Å². The van der Waals surface area contributed by atoms with E-state index in [0.29, 0.717) is 45.2 Å². The number of pyridine rings is 2. The van der Waals surface area contributed by atoms with Crippen molar-refractivity contribution >= 4 is 22.2 Å². The van der Waals surface area contributed by atoms with Crippen LogP contribution in [-0.2, 0) is 24.7 Å². The Morgan fingerprint density at radius 2 is 0.800 bits per heavy atom. The zero-order valence-electron chi connectivity index (χ0n) is 35.2. The van der Waals surface area contributed by atoms with Crippen LogP contribution in [0.4, 0.5) is 52.7 Å². The molecule has 0 aliphatic rings. The highest BCUT2D eigenvalue weighted by atomic mass is 19.4. The summed E-state index contributed by atoms with van der Waals surface area (Å²) in [5.74, 6) is -0.580. The van der Waals surface area contributed by atoms with Gasteiger partial charge in [0.15, 0.2) is 11.2 Å². The molecule has 0 saturated heterocycles. The number of hydrogen-bond acceptors (Lipinski definition) is 6. The largest absolute Gasteiger partial charge is 0.436 e. The van der Waals surface area contributed by atoms with Crippen molar-refractivity contribution in [2.45, 2.75) is 24.7 Å². The molecule has 70 heavy (non-hydrogen) atoms. The number of aromatic nitrogens is 4. The molecule has 0 saturated carbocycles. The van der Waals surface area contributed by atoms with Crippen LogP contribution in [0.25, 0.3) is 101 Å². The molecule has 10 aromatic rings. The molecule has 4 heterocycles. The molecule has 18 heteroatoms. The average Bonchev–Trinajstić information content (AvgIpc) is 3.98.